The topological polar surface area (TPSA) is 74.9 Å². The van der Waals surface area contributed by atoms with Crippen LogP contribution >= 0.6 is 0 Å². The highest BCUT2D eigenvalue weighted by atomic mass is 16.3. The summed E-state index contributed by atoms with van der Waals surface area (Å²) in [6.07, 6.45) is 2.15. The van der Waals surface area contributed by atoms with Crippen LogP contribution in [0, 0.1) is 0 Å². The molecule has 1 atom stereocenters. The van der Waals surface area contributed by atoms with Gasteiger partial charge < -0.3 is 9.73 Å². The molecule has 2 heterocycles. The molecule has 0 aliphatic carbocycles. The van der Waals surface area contributed by atoms with Gasteiger partial charge in [0.2, 0.25) is 11.8 Å². The Morgan fingerprint density at radius 3 is 2.74 bits per heavy atom. The van der Waals surface area contributed by atoms with E-state index >= 15 is 0 Å². The van der Waals surface area contributed by atoms with Crippen molar-refractivity contribution in [2.45, 2.75) is 26.3 Å². The number of carbonyl (C=O) groups excluding carboxylic acids is 2. The van der Waals surface area contributed by atoms with Crippen molar-refractivity contribution in [2.24, 2.45) is 5.10 Å². The van der Waals surface area contributed by atoms with Gasteiger partial charge in [-0.1, -0.05) is 12.1 Å². The van der Waals surface area contributed by atoms with Gasteiger partial charge in [0.1, 0.15) is 11.5 Å². The van der Waals surface area contributed by atoms with Crippen molar-refractivity contribution < 1.29 is 14.0 Å². The van der Waals surface area contributed by atoms with E-state index in [1.165, 1.54) is 18.9 Å². The first-order chi connectivity index (χ1) is 11.0. The highest BCUT2D eigenvalue weighted by Gasteiger charge is 2.32. The minimum atomic E-state index is -0.207. The lowest BCUT2D eigenvalue weighted by Crippen LogP contribution is -2.24. The Bertz CT molecular complexity index is 765. The zero-order valence-corrected chi connectivity index (χ0v) is 12.9. The number of nitrogens with zero attached hydrogens (tertiary/aromatic N) is 2. The standard InChI is InChI=1S/C17H17N3O3/c1-11(21)18-14-6-3-5-13(9-14)16-10-15(17-7-4-8-23-17)19-20(16)12(2)22/h3-9,16H,10H2,1-2H3,(H,18,21)/t16-/m0/s1. The third kappa shape index (κ3) is 3.15. The molecule has 0 spiro atoms. The molecular weight excluding hydrogens is 294 g/mol. The molecule has 1 aliphatic rings. The highest BCUT2D eigenvalue weighted by molar-refractivity contribution is 6.01. The number of benzene rings is 1. The fraction of sp³-hybridized carbons (Fsp3) is 0.235. The van der Waals surface area contributed by atoms with Crippen LogP contribution in [0.25, 0.3) is 0 Å². The molecule has 0 radical (unpaired) electrons. The van der Waals surface area contributed by atoms with Gasteiger partial charge in [0.25, 0.3) is 0 Å². The molecule has 0 fully saturated rings. The van der Waals surface area contributed by atoms with E-state index in [2.05, 4.69) is 10.4 Å². The molecule has 2 aromatic rings. The third-order valence-corrected chi connectivity index (χ3v) is 3.63. The minimum Gasteiger partial charge on any atom is -0.463 e. The van der Waals surface area contributed by atoms with Gasteiger partial charge in [-0.25, -0.2) is 5.01 Å². The maximum atomic E-state index is 11.9. The molecule has 6 heteroatoms. The SMILES string of the molecule is CC(=O)Nc1cccc([C@@H]2CC(c3ccco3)=NN2C(C)=O)c1. The van der Waals surface area contributed by atoms with Crippen molar-refractivity contribution in [1.29, 1.82) is 0 Å². The average Bonchev–Trinajstić information content (AvgIpc) is 3.16. The Labute approximate surface area is 133 Å². The van der Waals surface area contributed by atoms with Crippen LogP contribution in [0.3, 0.4) is 0 Å². The second kappa shape index (κ2) is 6.08. The lowest BCUT2D eigenvalue weighted by molar-refractivity contribution is -0.130. The summed E-state index contributed by atoms with van der Waals surface area (Å²) in [7, 11) is 0. The molecule has 0 unspecified atom stereocenters. The van der Waals surface area contributed by atoms with Gasteiger partial charge in [-0.2, -0.15) is 5.10 Å². The van der Waals surface area contributed by atoms with Crippen molar-refractivity contribution in [2.75, 3.05) is 5.32 Å². The lowest BCUT2D eigenvalue weighted by atomic mass is 10.0. The number of carbonyl (C=O) groups is 2. The number of anilines is 1. The van der Waals surface area contributed by atoms with Gasteiger partial charge in [0, 0.05) is 26.0 Å². The fourth-order valence-corrected chi connectivity index (χ4v) is 2.68. The number of rotatable bonds is 3. The predicted molar refractivity (Wildman–Crippen MR) is 85.9 cm³/mol. The van der Waals surface area contributed by atoms with Gasteiger partial charge in [-0.3, -0.25) is 9.59 Å². The molecule has 118 valence electrons. The van der Waals surface area contributed by atoms with E-state index in [1.54, 1.807) is 12.3 Å². The average molecular weight is 311 g/mol. The molecule has 1 aliphatic heterocycles. The van der Waals surface area contributed by atoms with Crippen molar-refractivity contribution in [1.82, 2.24) is 5.01 Å². The van der Waals surface area contributed by atoms with Crippen molar-refractivity contribution >= 4 is 23.2 Å². The molecule has 1 N–H and O–H groups in total. The van der Waals surface area contributed by atoms with Crippen LogP contribution in [0.2, 0.25) is 0 Å². The molecule has 6 nitrogen and oxygen atoms in total. The van der Waals surface area contributed by atoms with Crippen molar-refractivity contribution in [3.8, 4) is 0 Å². The first kappa shape index (κ1) is 15.0. The smallest absolute Gasteiger partial charge is 0.240 e. The monoisotopic (exact) mass is 311 g/mol. The van der Waals surface area contributed by atoms with E-state index in [1.807, 2.05) is 30.3 Å². The van der Waals surface area contributed by atoms with Gasteiger partial charge >= 0.3 is 0 Å². The quantitative estimate of drug-likeness (QED) is 0.947. The Morgan fingerprint density at radius 2 is 2.09 bits per heavy atom. The molecule has 23 heavy (non-hydrogen) atoms. The summed E-state index contributed by atoms with van der Waals surface area (Å²) >= 11 is 0. The lowest BCUT2D eigenvalue weighted by Gasteiger charge is -2.21. The largest absolute Gasteiger partial charge is 0.463 e. The second-order valence-electron chi connectivity index (χ2n) is 5.41. The summed E-state index contributed by atoms with van der Waals surface area (Å²) in [6, 6.07) is 10.9. The highest BCUT2D eigenvalue weighted by Crippen LogP contribution is 2.33. The van der Waals surface area contributed by atoms with Gasteiger partial charge in [0.05, 0.1) is 12.3 Å². The molecule has 0 saturated heterocycles. The molecular formula is C17H17N3O3. The molecule has 0 saturated carbocycles. The van der Waals surface area contributed by atoms with Gasteiger partial charge in [-0.15, -0.1) is 0 Å². The van der Waals surface area contributed by atoms with Gasteiger partial charge in [-0.05, 0) is 29.8 Å². The number of amides is 2. The molecule has 0 bridgehead atoms. The molecule has 1 aromatic carbocycles. The van der Waals surface area contributed by atoms with Crippen molar-refractivity contribution in [3.63, 3.8) is 0 Å². The fourth-order valence-electron chi connectivity index (χ4n) is 2.68. The van der Waals surface area contributed by atoms with Crippen molar-refractivity contribution in [3.05, 3.63) is 54.0 Å². The first-order valence-electron chi connectivity index (χ1n) is 7.33. The van der Waals surface area contributed by atoms with Crippen LogP contribution in [0.5, 0.6) is 0 Å². The van der Waals surface area contributed by atoms with Crippen LogP contribution < -0.4 is 5.32 Å². The van der Waals surface area contributed by atoms with E-state index in [-0.39, 0.29) is 17.9 Å². The Kier molecular flexibility index (Phi) is 3.97. The summed E-state index contributed by atoms with van der Waals surface area (Å²) in [6.45, 7) is 2.95. The Morgan fingerprint density at radius 1 is 1.26 bits per heavy atom. The predicted octanol–water partition coefficient (Wildman–Crippen LogP) is 2.94. The Balaban J connectivity index is 1.90. The first-order valence-corrected chi connectivity index (χ1v) is 7.33. The second-order valence-corrected chi connectivity index (χ2v) is 5.41. The summed E-state index contributed by atoms with van der Waals surface area (Å²) in [5, 5.41) is 8.61. The summed E-state index contributed by atoms with van der Waals surface area (Å²) in [5.74, 6) is 0.391. The number of hydrogen-bond acceptors (Lipinski definition) is 4. The molecule has 3 rings (SSSR count). The normalized spacial score (nSPS) is 17.0. The third-order valence-electron chi connectivity index (χ3n) is 3.63. The molecule has 1 aromatic heterocycles. The van der Waals surface area contributed by atoms with Crippen LogP contribution in [0.1, 0.15) is 37.6 Å². The summed E-state index contributed by atoms with van der Waals surface area (Å²) in [4.78, 5) is 23.1. The van der Waals surface area contributed by atoms with E-state index < -0.39 is 0 Å². The number of nitrogens with one attached hydrogen (secondary N) is 1. The van der Waals surface area contributed by atoms with E-state index in [4.69, 9.17) is 4.42 Å². The Hall–Kier alpha value is -2.89. The van der Waals surface area contributed by atoms with Gasteiger partial charge in [0.15, 0.2) is 0 Å². The molecule has 2 amide bonds. The van der Waals surface area contributed by atoms with Crippen LogP contribution in [-0.2, 0) is 9.59 Å². The zero-order chi connectivity index (χ0) is 16.4. The minimum absolute atomic E-state index is 0.135. The maximum absolute atomic E-state index is 11.9. The number of hydrogen-bond donors (Lipinski definition) is 1. The van der Waals surface area contributed by atoms with E-state index in [0.717, 1.165) is 11.3 Å². The number of hydrazone groups is 1. The summed E-state index contributed by atoms with van der Waals surface area (Å²) in [5.41, 5.74) is 2.35. The van der Waals surface area contributed by atoms with E-state index in [9.17, 15) is 9.59 Å². The summed E-state index contributed by atoms with van der Waals surface area (Å²) < 4.78 is 5.38. The zero-order valence-electron chi connectivity index (χ0n) is 12.9. The van der Waals surface area contributed by atoms with Crippen LogP contribution in [0.15, 0.2) is 52.2 Å². The number of furan rings is 1. The van der Waals surface area contributed by atoms with Crippen LogP contribution in [-0.4, -0.2) is 22.5 Å². The van der Waals surface area contributed by atoms with E-state index in [0.29, 0.717) is 17.9 Å². The van der Waals surface area contributed by atoms with Crippen LogP contribution in [0.4, 0.5) is 5.69 Å². The maximum Gasteiger partial charge on any atom is 0.240 e.